The fourth-order valence-corrected chi connectivity index (χ4v) is 2.68. The summed E-state index contributed by atoms with van der Waals surface area (Å²) < 4.78 is 12.2. The third kappa shape index (κ3) is 2.42. The molecule has 3 heteroatoms. The Morgan fingerprint density at radius 3 is 2.44 bits per heavy atom. The molecule has 0 unspecified atom stereocenters. The molecule has 0 N–H and O–H groups in total. The summed E-state index contributed by atoms with van der Waals surface area (Å²) in [6.07, 6.45) is 2.21. The molecule has 0 aliphatic carbocycles. The lowest BCUT2D eigenvalue weighted by Crippen LogP contribution is -2.28. The molecule has 1 heterocycles. The van der Waals surface area contributed by atoms with E-state index in [9.17, 15) is 0 Å². The summed E-state index contributed by atoms with van der Waals surface area (Å²) in [6, 6.07) is 7.79. The minimum atomic E-state index is -0.480. The van der Waals surface area contributed by atoms with E-state index in [0.717, 1.165) is 23.4 Å². The van der Waals surface area contributed by atoms with Crippen molar-refractivity contribution < 1.29 is 9.47 Å². The van der Waals surface area contributed by atoms with E-state index in [0.29, 0.717) is 6.42 Å². The molecule has 2 nitrogen and oxygen atoms in total. The van der Waals surface area contributed by atoms with E-state index in [4.69, 9.17) is 21.1 Å². The van der Waals surface area contributed by atoms with E-state index < -0.39 is 5.79 Å². The second kappa shape index (κ2) is 5.60. The molecule has 1 aliphatic heterocycles. The Balaban J connectivity index is 2.30. The highest BCUT2D eigenvalue weighted by Crippen LogP contribution is 2.44. The number of ether oxygens (including phenoxy) is 2. The van der Waals surface area contributed by atoms with Crippen molar-refractivity contribution in [3.05, 3.63) is 41.8 Å². The van der Waals surface area contributed by atoms with Crippen LogP contribution in [0.3, 0.4) is 0 Å². The molecule has 1 radical (unpaired) electrons. The number of rotatable bonds is 4. The maximum atomic E-state index is 6.25. The summed E-state index contributed by atoms with van der Waals surface area (Å²) in [7, 11) is 0. The minimum absolute atomic E-state index is 0.0233. The van der Waals surface area contributed by atoms with Gasteiger partial charge in [-0.15, -0.1) is 0 Å². The second-order valence-electron chi connectivity index (χ2n) is 4.62. The Kier molecular flexibility index (Phi) is 4.31. The van der Waals surface area contributed by atoms with Crippen molar-refractivity contribution in [2.24, 2.45) is 0 Å². The van der Waals surface area contributed by atoms with Crippen LogP contribution in [0.4, 0.5) is 0 Å². The van der Waals surface area contributed by atoms with E-state index in [1.165, 1.54) is 0 Å². The molecular formula is C15H20ClO2. The smallest absolute Gasteiger partial charge is 0.169 e. The first-order chi connectivity index (χ1) is 8.65. The number of hydrogen-bond donors (Lipinski definition) is 0. The second-order valence-corrected chi connectivity index (χ2v) is 5.03. The molecule has 1 saturated heterocycles. The summed E-state index contributed by atoms with van der Waals surface area (Å²) in [5, 5.41) is 0.729. The fraction of sp³-hybridized carbons (Fsp3) is 0.533. The van der Waals surface area contributed by atoms with Crippen LogP contribution in [0, 0.1) is 6.92 Å². The van der Waals surface area contributed by atoms with Crippen LogP contribution >= 0.6 is 11.6 Å². The molecule has 2 rings (SSSR count). The maximum absolute atomic E-state index is 6.25. The predicted octanol–water partition coefficient (Wildman–Crippen LogP) is 4.54. The summed E-state index contributed by atoms with van der Waals surface area (Å²) in [5.41, 5.74) is 0.997. The van der Waals surface area contributed by atoms with E-state index in [1.807, 2.05) is 24.3 Å². The Morgan fingerprint density at radius 2 is 1.89 bits per heavy atom. The number of hydrogen-bond acceptors (Lipinski definition) is 2. The third-order valence-corrected chi connectivity index (χ3v) is 3.96. The van der Waals surface area contributed by atoms with Crippen LogP contribution < -0.4 is 0 Å². The van der Waals surface area contributed by atoms with E-state index in [1.54, 1.807) is 0 Å². The van der Waals surface area contributed by atoms with E-state index in [-0.39, 0.29) is 12.2 Å². The molecule has 0 bridgehead atoms. The van der Waals surface area contributed by atoms with E-state index >= 15 is 0 Å². The van der Waals surface area contributed by atoms with Crippen LogP contribution in [0.2, 0.25) is 5.02 Å². The first-order valence-electron chi connectivity index (χ1n) is 6.55. The Labute approximate surface area is 114 Å². The van der Waals surface area contributed by atoms with Crippen molar-refractivity contribution in [2.75, 3.05) is 0 Å². The summed E-state index contributed by atoms with van der Waals surface area (Å²) >= 11 is 6.25. The molecule has 1 fully saturated rings. The van der Waals surface area contributed by atoms with Gasteiger partial charge in [0.25, 0.3) is 0 Å². The lowest BCUT2D eigenvalue weighted by atomic mass is 10.0. The summed E-state index contributed by atoms with van der Waals surface area (Å²) in [5.74, 6) is -0.480. The van der Waals surface area contributed by atoms with Crippen molar-refractivity contribution in [1.29, 1.82) is 0 Å². The van der Waals surface area contributed by atoms with Crippen molar-refractivity contribution in [3.63, 3.8) is 0 Å². The molecule has 1 aromatic carbocycles. The Hall–Kier alpha value is -0.570. The highest BCUT2D eigenvalue weighted by atomic mass is 35.5. The highest BCUT2D eigenvalue weighted by Gasteiger charge is 2.45. The van der Waals surface area contributed by atoms with Crippen molar-refractivity contribution in [1.82, 2.24) is 0 Å². The molecule has 1 aliphatic rings. The maximum Gasteiger partial charge on any atom is 0.169 e. The van der Waals surface area contributed by atoms with Gasteiger partial charge in [0.05, 0.1) is 6.10 Å². The van der Waals surface area contributed by atoms with Crippen LogP contribution in [0.5, 0.6) is 0 Å². The van der Waals surface area contributed by atoms with Gasteiger partial charge in [0, 0.05) is 10.6 Å². The van der Waals surface area contributed by atoms with Crippen LogP contribution in [-0.2, 0) is 9.47 Å². The van der Waals surface area contributed by atoms with Gasteiger partial charge in [-0.3, -0.25) is 0 Å². The van der Waals surface area contributed by atoms with Crippen LogP contribution in [0.15, 0.2) is 24.3 Å². The molecule has 2 atom stereocenters. The normalized spacial score (nSPS) is 26.4. The van der Waals surface area contributed by atoms with Gasteiger partial charge in [-0.25, -0.2) is 0 Å². The lowest BCUT2D eigenvalue weighted by Gasteiger charge is -2.25. The van der Waals surface area contributed by atoms with Gasteiger partial charge in [0.15, 0.2) is 5.79 Å². The minimum Gasteiger partial charge on any atom is -0.344 e. The standard InChI is InChI=1S/C15H20ClO2/c1-4-13-14(11-9-7-8-10-12(11)16)18-15(5-2,6-3)17-13/h7-10,13-14H,1,4-6H2,2-3H3/t13-,14-/m0/s1. The Morgan fingerprint density at radius 1 is 1.22 bits per heavy atom. The van der Waals surface area contributed by atoms with Gasteiger partial charge in [0.1, 0.15) is 6.10 Å². The van der Waals surface area contributed by atoms with Crippen LogP contribution in [0.25, 0.3) is 0 Å². The van der Waals surface area contributed by atoms with Gasteiger partial charge in [-0.2, -0.15) is 0 Å². The average molecular weight is 268 g/mol. The van der Waals surface area contributed by atoms with Gasteiger partial charge >= 0.3 is 0 Å². The molecule has 99 valence electrons. The summed E-state index contributed by atoms with van der Waals surface area (Å²) in [6.45, 7) is 8.12. The monoisotopic (exact) mass is 267 g/mol. The van der Waals surface area contributed by atoms with E-state index in [2.05, 4.69) is 20.8 Å². The summed E-state index contributed by atoms with van der Waals surface area (Å²) in [4.78, 5) is 0. The number of halogens is 1. The van der Waals surface area contributed by atoms with Crippen LogP contribution in [0.1, 0.15) is 44.8 Å². The first kappa shape index (κ1) is 13.9. The van der Waals surface area contributed by atoms with Gasteiger partial charge in [-0.05, 0) is 25.3 Å². The molecule has 0 amide bonds. The lowest BCUT2D eigenvalue weighted by molar-refractivity contribution is -0.179. The van der Waals surface area contributed by atoms with Crippen molar-refractivity contribution in [3.8, 4) is 0 Å². The van der Waals surface area contributed by atoms with Gasteiger partial charge in [-0.1, -0.05) is 50.6 Å². The highest BCUT2D eigenvalue weighted by molar-refractivity contribution is 6.31. The van der Waals surface area contributed by atoms with Crippen LogP contribution in [-0.4, -0.2) is 11.9 Å². The topological polar surface area (TPSA) is 18.5 Å². The molecule has 0 spiro atoms. The molecule has 0 aromatic heterocycles. The zero-order valence-electron chi connectivity index (χ0n) is 11.0. The van der Waals surface area contributed by atoms with Crippen molar-refractivity contribution >= 4 is 11.6 Å². The number of benzene rings is 1. The predicted molar refractivity (Wildman–Crippen MR) is 73.4 cm³/mol. The molecule has 18 heavy (non-hydrogen) atoms. The SMILES string of the molecule is [CH2]C[C@@H]1OC(CC)(CC)O[C@H]1c1ccccc1Cl. The van der Waals surface area contributed by atoms with Gasteiger partial charge < -0.3 is 9.47 Å². The zero-order chi connectivity index (χ0) is 13.2. The molecule has 0 saturated carbocycles. The first-order valence-corrected chi connectivity index (χ1v) is 6.93. The molecule has 1 aromatic rings. The quantitative estimate of drug-likeness (QED) is 0.798. The molecular weight excluding hydrogens is 248 g/mol. The van der Waals surface area contributed by atoms with Gasteiger partial charge in [0.2, 0.25) is 0 Å². The third-order valence-electron chi connectivity index (χ3n) is 3.62. The fourth-order valence-electron chi connectivity index (χ4n) is 2.44. The Bertz CT molecular complexity index is 401. The average Bonchev–Trinajstić information content (AvgIpc) is 2.79. The van der Waals surface area contributed by atoms with Crippen molar-refractivity contribution in [2.45, 2.75) is 51.1 Å². The zero-order valence-corrected chi connectivity index (χ0v) is 11.7. The largest absolute Gasteiger partial charge is 0.344 e.